The first-order chi connectivity index (χ1) is 9.17. The maximum absolute atomic E-state index is 11.4. The number of rotatable bonds is 6. The predicted octanol–water partition coefficient (Wildman–Crippen LogP) is 1.23. The first kappa shape index (κ1) is 15.0. The molecule has 0 heterocycles. The van der Waals surface area contributed by atoms with Gasteiger partial charge in [0, 0.05) is 13.1 Å². The van der Waals surface area contributed by atoms with Gasteiger partial charge in [-0.1, -0.05) is 19.1 Å². The molecule has 0 bridgehead atoms. The first-order valence-corrected chi connectivity index (χ1v) is 6.45. The number of benzene rings is 1. The van der Waals surface area contributed by atoms with Gasteiger partial charge in [-0.3, -0.25) is 9.59 Å². The zero-order valence-electron chi connectivity index (χ0n) is 11.4. The van der Waals surface area contributed by atoms with Gasteiger partial charge in [-0.2, -0.15) is 0 Å². The molecule has 1 aromatic carbocycles. The van der Waals surface area contributed by atoms with Crippen LogP contribution in [0.4, 0.5) is 0 Å². The molecule has 19 heavy (non-hydrogen) atoms. The van der Waals surface area contributed by atoms with Gasteiger partial charge in [-0.25, -0.2) is 0 Å². The van der Waals surface area contributed by atoms with E-state index < -0.39 is 11.8 Å². The zero-order chi connectivity index (χ0) is 14.1. The lowest BCUT2D eigenvalue weighted by Crippen LogP contribution is -2.39. The molecule has 0 unspecified atom stereocenters. The van der Waals surface area contributed by atoms with Crippen molar-refractivity contribution in [1.82, 2.24) is 10.6 Å². The Morgan fingerprint density at radius 1 is 1.05 bits per heavy atom. The Kier molecular flexibility index (Phi) is 6.43. The number of hydrogen-bond donors (Lipinski definition) is 2. The zero-order valence-corrected chi connectivity index (χ0v) is 11.4. The Balaban J connectivity index is 2.39. The minimum atomic E-state index is -0.609. The van der Waals surface area contributed by atoms with Crippen LogP contribution >= 0.6 is 0 Å². The molecule has 0 aliphatic heterocycles. The highest BCUT2D eigenvalue weighted by molar-refractivity contribution is 6.35. The van der Waals surface area contributed by atoms with Crippen LogP contribution in [0.5, 0.6) is 5.75 Å². The van der Waals surface area contributed by atoms with Crippen molar-refractivity contribution in [2.75, 3.05) is 13.2 Å². The van der Waals surface area contributed by atoms with E-state index in [-0.39, 0.29) is 0 Å². The summed E-state index contributed by atoms with van der Waals surface area (Å²) in [5.74, 6) is -0.409. The van der Waals surface area contributed by atoms with E-state index in [1.54, 1.807) is 0 Å². The molecule has 0 saturated heterocycles. The molecule has 0 aliphatic rings. The quantitative estimate of drug-likeness (QED) is 0.759. The second-order valence-electron chi connectivity index (χ2n) is 4.02. The van der Waals surface area contributed by atoms with Gasteiger partial charge in [0.05, 0.1) is 6.61 Å². The smallest absolute Gasteiger partial charge is 0.309 e. The molecule has 0 spiro atoms. The summed E-state index contributed by atoms with van der Waals surface area (Å²) in [4.78, 5) is 22.8. The van der Waals surface area contributed by atoms with E-state index in [1.807, 2.05) is 38.1 Å². The van der Waals surface area contributed by atoms with Crippen LogP contribution in [0, 0.1) is 0 Å². The summed E-state index contributed by atoms with van der Waals surface area (Å²) in [5, 5.41) is 5.09. The molecule has 1 rings (SSSR count). The summed E-state index contributed by atoms with van der Waals surface area (Å²) >= 11 is 0. The topological polar surface area (TPSA) is 67.4 Å². The van der Waals surface area contributed by atoms with Crippen LogP contribution in [-0.2, 0) is 16.1 Å². The summed E-state index contributed by atoms with van der Waals surface area (Å²) in [6.45, 7) is 5.30. The van der Waals surface area contributed by atoms with Crippen LogP contribution in [-0.4, -0.2) is 25.0 Å². The highest BCUT2D eigenvalue weighted by Gasteiger charge is 2.11. The normalized spacial score (nSPS) is 9.79. The first-order valence-electron chi connectivity index (χ1n) is 6.45. The minimum Gasteiger partial charge on any atom is -0.494 e. The molecule has 0 aromatic heterocycles. The molecular weight excluding hydrogens is 244 g/mol. The number of hydrogen-bond acceptors (Lipinski definition) is 3. The molecule has 5 heteroatoms. The lowest BCUT2D eigenvalue weighted by molar-refractivity contribution is -0.139. The van der Waals surface area contributed by atoms with E-state index in [0.717, 1.165) is 17.7 Å². The molecule has 0 fully saturated rings. The molecule has 104 valence electrons. The molecule has 0 radical (unpaired) electrons. The molecule has 2 N–H and O–H groups in total. The highest BCUT2D eigenvalue weighted by Crippen LogP contribution is 2.11. The van der Waals surface area contributed by atoms with Gasteiger partial charge >= 0.3 is 11.8 Å². The summed E-state index contributed by atoms with van der Waals surface area (Å²) in [7, 11) is 0. The Bertz CT molecular complexity index is 415. The Morgan fingerprint density at radius 2 is 1.68 bits per heavy atom. The predicted molar refractivity (Wildman–Crippen MR) is 72.8 cm³/mol. The van der Waals surface area contributed by atoms with Crippen molar-refractivity contribution >= 4 is 11.8 Å². The van der Waals surface area contributed by atoms with Crippen molar-refractivity contribution < 1.29 is 14.3 Å². The second kappa shape index (κ2) is 8.13. The van der Waals surface area contributed by atoms with Gasteiger partial charge in [-0.05, 0) is 31.0 Å². The van der Waals surface area contributed by atoms with Gasteiger partial charge in [0.25, 0.3) is 0 Å². The van der Waals surface area contributed by atoms with Gasteiger partial charge in [-0.15, -0.1) is 0 Å². The van der Waals surface area contributed by atoms with Crippen LogP contribution in [0.1, 0.15) is 25.8 Å². The highest BCUT2D eigenvalue weighted by atomic mass is 16.5. The Hall–Kier alpha value is -2.04. The molecule has 2 amide bonds. The third kappa shape index (κ3) is 5.42. The fraction of sp³-hybridized carbons (Fsp3) is 0.429. The number of carbonyl (C=O) groups is 2. The third-order valence-corrected chi connectivity index (χ3v) is 2.43. The average Bonchev–Trinajstić information content (AvgIpc) is 2.44. The van der Waals surface area contributed by atoms with Crippen molar-refractivity contribution in [3.05, 3.63) is 29.8 Å². The van der Waals surface area contributed by atoms with Crippen LogP contribution < -0.4 is 15.4 Å². The van der Waals surface area contributed by atoms with Crippen molar-refractivity contribution in [2.45, 2.75) is 26.8 Å². The third-order valence-electron chi connectivity index (χ3n) is 2.43. The van der Waals surface area contributed by atoms with Crippen LogP contribution in [0.25, 0.3) is 0 Å². The Morgan fingerprint density at radius 3 is 2.26 bits per heavy atom. The standard InChI is InChI=1S/C14H20N2O3/c1-3-9-15-13(17)14(18)16-10-11-5-7-12(8-6-11)19-4-2/h5-8H,3-4,9-10H2,1-2H3,(H,15,17)(H,16,18). The van der Waals surface area contributed by atoms with Crippen molar-refractivity contribution in [3.8, 4) is 5.75 Å². The summed E-state index contributed by atoms with van der Waals surface area (Å²) in [6, 6.07) is 7.38. The molecule has 0 aliphatic carbocycles. The van der Waals surface area contributed by atoms with E-state index in [4.69, 9.17) is 4.74 Å². The SMILES string of the molecule is CCCNC(=O)C(=O)NCc1ccc(OCC)cc1. The fourth-order valence-electron chi connectivity index (χ4n) is 1.45. The van der Waals surface area contributed by atoms with E-state index in [0.29, 0.717) is 19.7 Å². The van der Waals surface area contributed by atoms with Gasteiger partial charge in [0.1, 0.15) is 5.75 Å². The molecule has 0 atom stereocenters. The largest absolute Gasteiger partial charge is 0.494 e. The van der Waals surface area contributed by atoms with Crippen LogP contribution in [0.15, 0.2) is 24.3 Å². The maximum Gasteiger partial charge on any atom is 0.309 e. The van der Waals surface area contributed by atoms with Gasteiger partial charge in [0.2, 0.25) is 0 Å². The van der Waals surface area contributed by atoms with Gasteiger partial charge in [0.15, 0.2) is 0 Å². The number of nitrogens with one attached hydrogen (secondary N) is 2. The summed E-state index contributed by atoms with van der Waals surface area (Å²) in [5.41, 5.74) is 0.917. The molecule has 1 aromatic rings. The van der Waals surface area contributed by atoms with Crippen molar-refractivity contribution in [1.29, 1.82) is 0 Å². The average molecular weight is 264 g/mol. The molecular formula is C14H20N2O3. The molecule has 5 nitrogen and oxygen atoms in total. The number of amides is 2. The summed E-state index contributed by atoms with van der Waals surface area (Å²) in [6.07, 6.45) is 0.803. The number of ether oxygens (including phenoxy) is 1. The minimum absolute atomic E-state index is 0.324. The van der Waals surface area contributed by atoms with Crippen molar-refractivity contribution in [2.24, 2.45) is 0 Å². The summed E-state index contributed by atoms with van der Waals surface area (Å²) < 4.78 is 5.32. The van der Waals surface area contributed by atoms with E-state index in [2.05, 4.69) is 10.6 Å². The second-order valence-corrected chi connectivity index (χ2v) is 4.02. The van der Waals surface area contributed by atoms with E-state index in [9.17, 15) is 9.59 Å². The lowest BCUT2D eigenvalue weighted by Gasteiger charge is -2.07. The number of carbonyl (C=O) groups excluding carboxylic acids is 2. The lowest BCUT2D eigenvalue weighted by atomic mass is 10.2. The fourth-order valence-corrected chi connectivity index (χ4v) is 1.45. The van der Waals surface area contributed by atoms with Gasteiger partial charge < -0.3 is 15.4 Å². The molecule has 0 saturated carbocycles. The van der Waals surface area contributed by atoms with Crippen LogP contribution in [0.3, 0.4) is 0 Å². The van der Waals surface area contributed by atoms with Crippen LogP contribution in [0.2, 0.25) is 0 Å². The van der Waals surface area contributed by atoms with E-state index >= 15 is 0 Å². The monoisotopic (exact) mass is 264 g/mol. The van der Waals surface area contributed by atoms with Crippen molar-refractivity contribution in [3.63, 3.8) is 0 Å². The van der Waals surface area contributed by atoms with E-state index in [1.165, 1.54) is 0 Å². The maximum atomic E-state index is 11.4. The Labute approximate surface area is 113 Å².